The molecule has 0 fully saturated rings. The van der Waals surface area contributed by atoms with Crippen LogP contribution < -0.4 is 0 Å². The third-order valence-corrected chi connectivity index (χ3v) is 2.98. The molecular formula is C12H2F10O. The Kier molecular flexibility index (Phi) is 3.95. The topological polar surface area (TPSA) is 20.2 Å². The summed E-state index contributed by atoms with van der Waals surface area (Å²) in [6.45, 7) is 0. The van der Waals surface area contributed by atoms with Gasteiger partial charge in [0.1, 0.15) is 0 Å². The van der Waals surface area contributed by atoms with E-state index in [1.807, 2.05) is 0 Å². The van der Waals surface area contributed by atoms with Gasteiger partial charge in [0.2, 0.25) is 17.8 Å². The van der Waals surface area contributed by atoms with Crippen LogP contribution in [0.15, 0.2) is 17.5 Å². The average Bonchev–Trinajstić information content (AvgIpc) is 2.51. The van der Waals surface area contributed by atoms with Crippen molar-refractivity contribution in [2.45, 2.75) is 12.0 Å². The van der Waals surface area contributed by atoms with E-state index in [0.29, 0.717) is 0 Å². The molecular weight excluding hydrogens is 350 g/mol. The highest BCUT2D eigenvalue weighted by atomic mass is 19.2. The lowest BCUT2D eigenvalue weighted by atomic mass is 9.92. The summed E-state index contributed by atoms with van der Waals surface area (Å²) >= 11 is 0. The Bertz CT molecular complexity index is 735. The van der Waals surface area contributed by atoms with Crippen LogP contribution in [0.2, 0.25) is 0 Å². The molecule has 1 aliphatic carbocycles. The minimum atomic E-state index is -4.85. The minimum Gasteiger partial charge on any atom is -0.354 e. The number of alkyl halides is 2. The first-order chi connectivity index (χ1) is 10.4. The van der Waals surface area contributed by atoms with Crippen LogP contribution in [0.25, 0.3) is 5.57 Å². The van der Waals surface area contributed by atoms with Gasteiger partial charge in [-0.25, -0.2) is 43.9 Å². The molecule has 1 aliphatic rings. The average molecular weight is 352 g/mol. The van der Waals surface area contributed by atoms with E-state index in [-0.39, 0.29) is 0 Å². The van der Waals surface area contributed by atoms with Crippen molar-refractivity contribution < 1.29 is 49.0 Å². The van der Waals surface area contributed by atoms with Crippen LogP contribution >= 0.6 is 0 Å². The summed E-state index contributed by atoms with van der Waals surface area (Å²) in [6.07, 6.45) is -3.99. The molecule has 1 aromatic rings. The van der Waals surface area contributed by atoms with Crippen LogP contribution in [-0.4, -0.2) is 17.1 Å². The lowest BCUT2D eigenvalue weighted by molar-refractivity contribution is -0.122. The number of benzene rings is 1. The predicted molar refractivity (Wildman–Crippen MR) is 54.5 cm³/mol. The molecule has 126 valence electrons. The monoisotopic (exact) mass is 352 g/mol. The number of halogens is 10. The van der Waals surface area contributed by atoms with Gasteiger partial charge in [-0.3, -0.25) is 0 Å². The van der Waals surface area contributed by atoms with Crippen LogP contribution in [0, 0.1) is 29.1 Å². The number of aliphatic hydroxyl groups is 1. The summed E-state index contributed by atoms with van der Waals surface area (Å²) in [5.74, 6) is -27.1. The van der Waals surface area contributed by atoms with Gasteiger partial charge in [0.05, 0.1) is 11.1 Å². The Balaban J connectivity index is 2.90. The van der Waals surface area contributed by atoms with Crippen molar-refractivity contribution in [2.24, 2.45) is 0 Å². The number of hydrogen-bond donors (Lipinski definition) is 1. The second-order valence-electron chi connectivity index (χ2n) is 4.33. The first-order valence-electron chi connectivity index (χ1n) is 5.47. The summed E-state index contributed by atoms with van der Waals surface area (Å²) in [4.78, 5) is 0. The van der Waals surface area contributed by atoms with E-state index in [4.69, 9.17) is 5.11 Å². The smallest absolute Gasteiger partial charge is 0.300 e. The Morgan fingerprint density at radius 2 is 1.13 bits per heavy atom. The van der Waals surface area contributed by atoms with E-state index in [0.717, 1.165) is 0 Å². The van der Waals surface area contributed by atoms with Gasteiger partial charge in [0.15, 0.2) is 34.9 Å². The van der Waals surface area contributed by atoms with Crippen LogP contribution in [0.3, 0.4) is 0 Å². The zero-order valence-electron chi connectivity index (χ0n) is 10.3. The number of allylic oxidation sites excluding steroid dienone is 2. The molecule has 1 aromatic carbocycles. The van der Waals surface area contributed by atoms with Gasteiger partial charge in [0.25, 0.3) is 5.85 Å². The van der Waals surface area contributed by atoms with Gasteiger partial charge in [-0.2, -0.15) is 0 Å². The molecule has 0 aromatic heterocycles. The van der Waals surface area contributed by atoms with Gasteiger partial charge >= 0.3 is 0 Å². The highest BCUT2D eigenvalue weighted by Gasteiger charge is 2.53. The fourth-order valence-electron chi connectivity index (χ4n) is 1.83. The van der Waals surface area contributed by atoms with Crippen molar-refractivity contribution in [3.63, 3.8) is 0 Å². The molecule has 2 atom stereocenters. The van der Waals surface area contributed by atoms with Gasteiger partial charge in [-0.05, 0) is 0 Å². The van der Waals surface area contributed by atoms with Gasteiger partial charge in [0, 0.05) is 0 Å². The van der Waals surface area contributed by atoms with E-state index in [9.17, 15) is 43.9 Å². The fraction of sp³-hybridized carbons (Fsp3) is 0.167. The molecule has 0 saturated heterocycles. The molecule has 0 spiro atoms. The molecule has 0 heterocycles. The van der Waals surface area contributed by atoms with E-state index in [2.05, 4.69) is 0 Å². The van der Waals surface area contributed by atoms with E-state index < -0.39 is 69.7 Å². The molecule has 0 amide bonds. The van der Waals surface area contributed by atoms with Crippen LogP contribution in [0.1, 0.15) is 5.56 Å². The van der Waals surface area contributed by atoms with Crippen LogP contribution in [-0.2, 0) is 0 Å². The molecule has 2 unspecified atom stereocenters. The zero-order valence-corrected chi connectivity index (χ0v) is 10.3. The summed E-state index contributed by atoms with van der Waals surface area (Å²) in [5.41, 5.74) is -4.71. The van der Waals surface area contributed by atoms with Crippen molar-refractivity contribution >= 4 is 5.57 Å². The van der Waals surface area contributed by atoms with Crippen molar-refractivity contribution in [2.75, 3.05) is 0 Å². The third kappa shape index (κ3) is 2.21. The van der Waals surface area contributed by atoms with Gasteiger partial charge < -0.3 is 5.11 Å². The Morgan fingerprint density at radius 1 is 0.739 bits per heavy atom. The predicted octanol–water partition coefficient (Wildman–Crippen LogP) is 4.22. The highest BCUT2D eigenvalue weighted by molar-refractivity contribution is 5.82. The summed E-state index contributed by atoms with van der Waals surface area (Å²) in [5, 5.41) is 8.62. The molecule has 23 heavy (non-hydrogen) atoms. The van der Waals surface area contributed by atoms with Crippen molar-refractivity contribution in [3.05, 3.63) is 52.1 Å². The third-order valence-electron chi connectivity index (χ3n) is 2.98. The summed E-state index contributed by atoms with van der Waals surface area (Å²) in [7, 11) is 0. The molecule has 11 heteroatoms. The molecule has 0 aliphatic heterocycles. The minimum absolute atomic E-state index is 2.34. The molecule has 0 radical (unpaired) electrons. The second-order valence-corrected chi connectivity index (χ2v) is 4.33. The zero-order chi connectivity index (χ0) is 17.9. The summed E-state index contributed by atoms with van der Waals surface area (Å²) in [6, 6.07) is 0. The first kappa shape index (κ1) is 17.3. The fourth-order valence-corrected chi connectivity index (χ4v) is 1.83. The quantitative estimate of drug-likeness (QED) is 0.456. The lowest BCUT2D eigenvalue weighted by Crippen LogP contribution is -2.39. The highest BCUT2D eigenvalue weighted by Crippen LogP contribution is 2.47. The van der Waals surface area contributed by atoms with E-state index in [1.54, 1.807) is 0 Å². The SMILES string of the molecule is OC1(F)C(F)=C(F)C(c2c(F)c(F)c(F)c(F)c2F)=C(F)C1F. The van der Waals surface area contributed by atoms with E-state index in [1.165, 1.54) is 0 Å². The molecule has 1 nitrogen and oxygen atoms in total. The summed E-state index contributed by atoms with van der Waals surface area (Å²) < 4.78 is 132. The van der Waals surface area contributed by atoms with Crippen LogP contribution in [0.5, 0.6) is 0 Å². The maximum absolute atomic E-state index is 13.6. The first-order valence-corrected chi connectivity index (χ1v) is 5.47. The van der Waals surface area contributed by atoms with Gasteiger partial charge in [-0.1, -0.05) is 0 Å². The molecule has 0 bridgehead atoms. The van der Waals surface area contributed by atoms with Crippen LogP contribution in [0.4, 0.5) is 43.9 Å². The Labute approximate surface area is 120 Å². The van der Waals surface area contributed by atoms with Crippen molar-refractivity contribution in [1.82, 2.24) is 0 Å². The standard InChI is InChI=1S/C12H2F10O/c13-3-1(4(14)8(18)9(19)7(3)17)2-5(15)10(20)12(22,23)11(21)6(2)16/h10,23H. The van der Waals surface area contributed by atoms with Gasteiger partial charge in [-0.15, -0.1) is 0 Å². The Hall–Kier alpha value is -2.04. The number of rotatable bonds is 1. The number of hydrogen-bond acceptors (Lipinski definition) is 1. The maximum atomic E-state index is 13.6. The maximum Gasteiger partial charge on any atom is 0.300 e. The molecule has 2 rings (SSSR count). The van der Waals surface area contributed by atoms with E-state index >= 15 is 0 Å². The Morgan fingerprint density at radius 3 is 1.57 bits per heavy atom. The lowest BCUT2D eigenvalue weighted by Gasteiger charge is -2.27. The molecule has 0 saturated carbocycles. The largest absolute Gasteiger partial charge is 0.354 e. The van der Waals surface area contributed by atoms with Crippen molar-refractivity contribution in [1.29, 1.82) is 0 Å². The van der Waals surface area contributed by atoms with Crippen molar-refractivity contribution in [3.8, 4) is 0 Å². The normalized spacial score (nSPS) is 25.4. The second kappa shape index (κ2) is 5.25. The molecule has 1 N–H and O–H groups in total.